The first-order valence-corrected chi connectivity index (χ1v) is 7.35. The maximum absolute atomic E-state index is 11.4. The van der Waals surface area contributed by atoms with Crippen LogP contribution in [0.5, 0.6) is 0 Å². The van der Waals surface area contributed by atoms with Crippen LogP contribution < -0.4 is 5.32 Å². The van der Waals surface area contributed by atoms with Gasteiger partial charge in [0.15, 0.2) is 0 Å². The molecule has 0 fully saturated rings. The van der Waals surface area contributed by atoms with E-state index in [2.05, 4.69) is 41.3 Å². The fraction of sp³-hybridized carbons (Fsp3) is 0.500. The van der Waals surface area contributed by atoms with Gasteiger partial charge in [-0.25, -0.2) is 4.98 Å². The summed E-state index contributed by atoms with van der Waals surface area (Å²) in [6, 6.07) is 6.25. The molecular weight excluding hydrogens is 250 g/mol. The summed E-state index contributed by atoms with van der Waals surface area (Å²) in [4.78, 5) is 19.3. The molecule has 0 bridgehead atoms. The number of imidazole rings is 1. The number of amides is 1. The van der Waals surface area contributed by atoms with Crippen molar-refractivity contribution in [1.29, 1.82) is 0 Å². The van der Waals surface area contributed by atoms with Crippen molar-refractivity contribution in [2.45, 2.75) is 46.0 Å². The molecule has 2 N–H and O–H groups in total. The van der Waals surface area contributed by atoms with E-state index in [0.29, 0.717) is 18.9 Å². The average Bonchev–Trinajstić information content (AvgIpc) is 2.82. The van der Waals surface area contributed by atoms with Crippen LogP contribution in [0, 0.1) is 0 Å². The molecule has 4 nitrogen and oxygen atoms in total. The molecule has 1 amide bonds. The Kier molecular flexibility index (Phi) is 4.77. The Morgan fingerprint density at radius 2 is 2.20 bits per heavy atom. The van der Waals surface area contributed by atoms with Crippen LogP contribution in [0.25, 0.3) is 11.0 Å². The molecule has 0 unspecified atom stereocenters. The quantitative estimate of drug-likeness (QED) is 0.849. The predicted molar refractivity (Wildman–Crippen MR) is 81.8 cm³/mol. The molecule has 0 aliphatic heterocycles. The van der Waals surface area contributed by atoms with Crippen LogP contribution in [0.2, 0.25) is 0 Å². The molecule has 1 aromatic heterocycles. The van der Waals surface area contributed by atoms with Gasteiger partial charge in [0.25, 0.3) is 0 Å². The second-order valence-electron chi connectivity index (χ2n) is 5.48. The number of H-pyrrole nitrogens is 1. The molecule has 0 atom stereocenters. The molecule has 20 heavy (non-hydrogen) atoms. The maximum atomic E-state index is 11.4. The van der Waals surface area contributed by atoms with Gasteiger partial charge in [-0.1, -0.05) is 26.8 Å². The molecule has 4 heteroatoms. The van der Waals surface area contributed by atoms with Gasteiger partial charge in [-0.15, -0.1) is 0 Å². The second kappa shape index (κ2) is 6.55. The molecule has 2 rings (SSSR count). The SMILES string of the molecule is CCCC(=O)NCCc1ccc2nc(C(C)C)[nH]c2c1. The van der Waals surface area contributed by atoms with E-state index in [1.54, 1.807) is 0 Å². The maximum Gasteiger partial charge on any atom is 0.219 e. The molecule has 108 valence electrons. The van der Waals surface area contributed by atoms with Gasteiger partial charge in [0, 0.05) is 18.9 Å². The van der Waals surface area contributed by atoms with Gasteiger partial charge in [0.05, 0.1) is 11.0 Å². The second-order valence-corrected chi connectivity index (χ2v) is 5.48. The van der Waals surface area contributed by atoms with E-state index in [9.17, 15) is 4.79 Å². The van der Waals surface area contributed by atoms with Gasteiger partial charge in [0.2, 0.25) is 5.91 Å². The molecule has 0 aliphatic carbocycles. The summed E-state index contributed by atoms with van der Waals surface area (Å²) in [6.45, 7) is 6.96. The molecule has 0 saturated heterocycles. The summed E-state index contributed by atoms with van der Waals surface area (Å²) in [5.74, 6) is 1.56. The first kappa shape index (κ1) is 14.6. The van der Waals surface area contributed by atoms with Gasteiger partial charge < -0.3 is 10.3 Å². The molecule has 0 radical (unpaired) electrons. The summed E-state index contributed by atoms with van der Waals surface area (Å²) in [7, 11) is 0. The Bertz CT molecular complexity index is 586. The van der Waals surface area contributed by atoms with Gasteiger partial charge in [-0.05, 0) is 30.5 Å². The molecule has 0 aliphatic rings. The van der Waals surface area contributed by atoms with Crippen molar-refractivity contribution >= 4 is 16.9 Å². The number of nitrogens with zero attached hydrogens (tertiary/aromatic N) is 1. The minimum Gasteiger partial charge on any atom is -0.356 e. The monoisotopic (exact) mass is 273 g/mol. The van der Waals surface area contributed by atoms with Crippen LogP contribution in [0.1, 0.15) is 50.9 Å². The Morgan fingerprint density at radius 1 is 1.40 bits per heavy atom. The van der Waals surface area contributed by atoms with Crippen LogP contribution in [-0.4, -0.2) is 22.4 Å². The van der Waals surface area contributed by atoms with E-state index in [4.69, 9.17) is 0 Å². The highest BCUT2D eigenvalue weighted by atomic mass is 16.1. The average molecular weight is 273 g/mol. The number of benzene rings is 1. The Hall–Kier alpha value is -1.84. The van der Waals surface area contributed by atoms with E-state index >= 15 is 0 Å². The number of aromatic nitrogens is 2. The normalized spacial score (nSPS) is 11.2. The number of hydrogen-bond acceptors (Lipinski definition) is 2. The summed E-state index contributed by atoms with van der Waals surface area (Å²) >= 11 is 0. The van der Waals surface area contributed by atoms with Crippen LogP contribution in [-0.2, 0) is 11.2 Å². The number of carbonyl (C=O) groups is 1. The number of hydrogen-bond donors (Lipinski definition) is 2. The van der Waals surface area contributed by atoms with Crippen molar-refractivity contribution in [2.24, 2.45) is 0 Å². The van der Waals surface area contributed by atoms with Crippen molar-refractivity contribution in [1.82, 2.24) is 15.3 Å². The molecule has 1 aromatic carbocycles. The summed E-state index contributed by atoms with van der Waals surface area (Å²) in [5, 5.41) is 2.94. The first-order valence-electron chi connectivity index (χ1n) is 7.35. The third kappa shape index (κ3) is 3.59. The molecule has 0 saturated carbocycles. The summed E-state index contributed by atoms with van der Waals surface area (Å²) < 4.78 is 0. The highest BCUT2D eigenvalue weighted by molar-refractivity contribution is 5.76. The van der Waals surface area contributed by atoms with Crippen LogP contribution in [0.15, 0.2) is 18.2 Å². The first-order chi connectivity index (χ1) is 9.60. The Morgan fingerprint density at radius 3 is 2.90 bits per heavy atom. The van der Waals surface area contributed by atoms with Gasteiger partial charge in [-0.3, -0.25) is 4.79 Å². The third-order valence-corrected chi connectivity index (χ3v) is 3.32. The van der Waals surface area contributed by atoms with E-state index in [1.807, 2.05) is 13.0 Å². The van der Waals surface area contributed by atoms with E-state index in [1.165, 1.54) is 5.56 Å². The number of nitrogens with one attached hydrogen (secondary N) is 2. The minimum absolute atomic E-state index is 0.136. The number of rotatable bonds is 6. The van der Waals surface area contributed by atoms with E-state index in [0.717, 1.165) is 29.7 Å². The number of carbonyl (C=O) groups excluding carboxylic acids is 1. The number of aromatic amines is 1. The minimum atomic E-state index is 0.136. The molecule has 2 aromatic rings. The largest absolute Gasteiger partial charge is 0.356 e. The zero-order valence-corrected chi connectivity index (χ0v) is 12.5. The predicted octanol–water partition coefficient (Wildman–Crippen LogP) is 3.15. The van der Waals surface area contributed by atoms with E-state index in [-0.39, 0.29) is 5.91 Å². The highest BCUT2D eigenvalue weighted by Gasteiger charge is 2.07. The fourth-order valence-corrected chi connectivity index (χ4v) is 2.17. The van der Waals surface area contributed by atoms with Gasteiger partial charge >= 0.3 is 0 Å². The van der Waals surface area contributed by atoms with Crippen molar-refractivity contribution < 1.29 is 4.79 Å². The lowest BCUT2D eigenvalue weighted by Gasteiger charge is -2.04. The van der Waals surface area contributed by atoms with Crippen LogP contribution >= 0.6 is 0 Å². The number of fused-ring (bicyclic) bond motifs is 1. The standard InChI is InChI=1S/C16H23N3O/c1-4-5-15(20)17-9-8-12-6-7-13-14(10-12)19-16(18-13)11(2)3/h6-7,10-11H,4-5,8-9H2,1-3H3,(H,17,20)(H,18,19). The smallest absolute Gasteiger partial charge is 0.219 e. The van der Waals surface area contributed by atoms with Gasteiger partial charge in [-0.2, -0.15) is 0 Å². The Balaban J connectivity index is 1.99. The lowest BCUT2D eigenvalue weighted by atomic mass is 10.1. The summed E-state index contributed by atoms with van der Waals surface area (Å²) in [6.07, 6.45) is 2.35. The third-order valence-electron chi connectivity index (χ3n) is 3.32. The van der Waals surface area contributed by atoms with Crippen molar-refractivity contribution in [3.05, 3.63) is 29.6 Å². The Labute approximate surface area is 120 Å². The van der Waals surface area contributed by atoms with Crippen molar-refractivity contribution in [2.75, 3.05) is 6.54 Å². The fourth-order valence-electron chi connectivity index (χ4n) is 2.17. The van der Waals surface area contributed by atoms with Gasteiger partial charge in [0.1, 0.15) is 5.82 Å². The highest BCUT2D eigenvalue weighted by Crippen LogP contribution is 2.18. The molecule has 1 heterocycles. The zero-order chi connectivity index (χ0) is 14.5. The van der Waals surface area contributed by atoms with Crippen LogP contribution in [0.3, 0.4) is 0 Å². The summed E-state index contributed by atoms with van der Waals surface area (Å²) in [5.41, 5.74) is 3.30. The molecule has 0 spiro atoms. The van der Waals surface area contributed by atoms with E-state index < -0.39 is 0 Å². The lowest BCUT2D eigenvalue weighted by Crippen LogP contribution is -2.25. The van der Waals surface area contributed by atoms with Crippen molar-refractivity contribution in [3.63, 3.8) is 0 Å². The zero-order valence-electron chi connectivity index (χ0n) is 12.5. The lowest BCUT2D eigenvalue weighted by molar-refractivity contribution is -0.121. The topological polar surface area (TPSA) is 57.8 Å². The van der Waals surface area contributed by atoms with Crippen molar-refractivity contribution in [3.8, 4) is 0 Å². The molecular formula is C16H23N3O. The van der Waals surface area contributed by atoms with Crippen LogP contribution in [0.4, 0.5) is 0 Å².